The highest BCUT2D eigenvalue weighted by Gasteiger charge is 2.26. The lowest BCUT2D eigenvalue weighted by molar-refractivity contribution is -0.0230. The molecular weight excluding hydrogens is 300 g/mol. The first-order chi connectivity index (χ1) is 11.8. The van der Waals surface area contributed by atoms with Crippen LogP contribution in [-0.2, 0) is 4.74 Å². The van der Waals surface area contributed by atoms with Crippen LogP contribution in [0, 0.1) is 0 Å². The van der Waals surface area contributed by atoms with Crippen molar-refractivity contribution in [3.8, 4) is 0 Å². The standard InChI is InChI=1S/C20H18N2O2/c23-20(18-11-10-15-6-4-5-9-17(15)21-18)22-12-13-24-19(14-22)16-7-2-1-3-8-16/h1-11,19H,12-14H2/t19-/m1/s1. The monoisotopic (exact) mass is 318 g/mol. The molecule has 3 aromatic rings. The number of hydrogen-bond donors (Lipinski definition) is 0. The molecule has 4 rings (SSSR count). The molecule has 2 heterocycles. The minimum Gasteiger partial charge on any atom is -0.370 e. The number of rotatable bonds is 2. The van der Waals surface area contributed by atoms with Crippen LogP contribution in [0.2, 0.25) is 0 Å². The molecule has 120 valence electrons. The molecule has 1 saturated heterocycles. The van der Waals surface area contributed by atoms with Gasteiger partial charge in [-0.25, -0.2) is 4.98 Å². The number of carbonyl (C=O) groups is 1. The van der Waals surface area contributed by atoms with Crippen LogP contribution in [0.4, 0.5) is 0 Å². The van der Waals surface area contributed by atoms with Gasteiger partial charge >= 0.3 is 0 Å². The van der Waals surface area contributed by atoms with E-state index in [9.17, 15) is 4.79 Å². The van der Waals surface area contributed by atoms with Gasteiger partial charge in [-0.1, -0.05) is 54.6 Å². The van der Waals surface area contributed by atoms with Crippen molar-refractivity contribution in [2.24, 2.45) is 0 Å². The molecule has 1 aliphatic rings. The maximum atomic E-state index is 12.8. The fourth-order valence-electron chi connectivity index (χ4n) is 3.05. The van der Waals surface area contributed by atoms with Crippen molar-refractivity contribution >= 4 is 16.8 Å². The second-order valence-electron chi connectivity index (χ2n) is 5.91. The Morgan fingerprint density at radius 3 is 2.67 bits per heavy atom. The van der Waals surface area contributed by atoms with Crippen LogP contribution in [-0.4, -0.2) is 35.5 Å². The van der Waals surface area contributed by atoms with Gasteiger partial charge < -0.3 is 9.64 Å². The molecule has 2 aromatic carbocycles. The molecule has 1 aliphatic heterocycles. The van der Waals surface area contributed by atoms with E-state index in [4.69, 9.17) is 4.74 Å². The number of morpholine rings is 1. The summed E-state index contributed by atoms with van der Waals surface area (Å²) < 4.78 is 5.84. The number of aromatic nitrogens is 1. The number of nitrogens with zero attached hydrogens (tertiary/aromatic N) is 2. The SMILES string of the molecule is O=C(c1ccc2ccccc2n1)N1CCO[C@@H](c2ccccc2)C1. The fourth-order valence-corrected chi connectivity index (χ4v) is 3.05. The Labute approximate surface area is 140 Å². The predicted molar refractivity (Wildman–Crippen MR) is 92.8 cm³/mol. The highest BCUT2D eigenvalue weighted by Crippen LogP contribution is 2.23. The Morgan fingerprint density at radius 1 is 1.00 bits per heavy atom. The Hall–Kier alpha value is -2.72. The van der Waals surface area contributed by atoms with Crippen molar-refractivity contribution in [1.82, 2.24) is 9.88 Å². The summed E-state index contributed by atoms with van der Waals surface area (Å²) in [4.78, 5) is 19.2. The second-order valence-corrected chi connectivity index (χ2v) is 5.91. The molecule has 0 N–H and O–H groups in total. The molecule has 0 spiro atoms. The lowest BCUT2D eigenvalue weighted by Crippen LogP contribution is -2.42. The molecule has 4 heteroatoms. The zero-order chi connectivity index (χ0) is 16.4. The van der Waals surface area contributed by atoms with E-state index in [0.717, 1.165) is 16.5 Å². The summed E-state index contributed by atoms with van der Waals surface area (Å²) in [5.74, 6) is -0.0371. The van der Waals surface area contributed by atoms with Gasteiger partial charge in [0.1, 0.15) is 11.8 Å². The Bertz CT molecular complexity index is 864. The lowest BCUT2D eigenvalue weighted by Gasteiger charge is -2.33. The molecule has 24 heavy (non-hydrogen) atoms. The topological polar surface area (TPSA) is 42.4 Å². The second kappa shape index (κ2) is 6.42. The summed E-state index contributed by atoms with van der Waals surface area (Å²) in [6.45, 7) is 1.69. The van der Waals surface area contributed by atoms with E-state index >= 15 is 0 Å². The fraction of sp³-hybridized carbons (Fsp3) is 0.200. The zero-order valence-electron chi connectivity index (χ0n) is 13.3. The third-order valence-electron chi connectivity index (χ3n) is 4.34. The Kier molecular flexibility index (Phi) is 3.97. The number of para-hydroxylation sites is 1. The third kappa shape index (κ3) is 2.88. The van der Waals surface area contributed by atoms with E-state index < -0.39 is 0 Å². The van der Waals surface area contributed by atoms with Crippen LogP contribution >= 0.6 is 0 Å². The van der Waals surface area contributed by atoms with Crippen LogP contribution < -0.4 is 0 Å². The average molecular weight is 318 g/mol. The molecule has 0 aliphatic carbocycles. The van der Waals surface area contributed by atoms with Crippen molar-refractivity contribution in [1.29, 1.82) is 0 Å². The van der Waals surface area contributed by atoms with Gasteiger partial charge in [0.15, 0.2) is 0 Å². The predicted octanol–water partition coefficient (Wildman–Crippen LogP) is 3.45. The average Bonchev–Trinajstić information content (AvgIpc) is 2.68. The molecule has 0 unspecified atom stereocenters. The van der Waals surface area contributed by atoms with Gasteiger partial charge in [-0.3, -0.25) is 4.79 Å². The number of hydrogen-bond acceptors (Lipinski definition) is 3. The van der Waals surface area contributed by atoms with Crippen LogP contribution in [0.25, 0.3) is 10.9 Å². The van der Waals surface area contributed by atoms with Gasteiger partial charge in [0.05, 0.1) is 18.7 Å². The minimum absolute atomic E-state index is 0.0371. The number of benzene rings is 2. The number of carbonyl (C=O) groups excluding carboxylic acids is 1. The molecule has 0 saturated carbocycles. The molecule has 4 nitrogen and oxygen atoms in total. The first-order valence-corrected chi connectivity index (χ1v) is 8.13. The maximum Gasteiger partial charge on any atom is 0.272 e. The molecule has 0 radical (unpaired) electrons. The Morgan fingerprint density at radius 2 is 1.79 bits per heavy atom. The van der Waals surface area contributed by atoms with E-state index in [1.54, 1.807) is 6.07 Å². The highest BCUT2D eigenvalue weighted by molar-refractivity contribution is 5.95. The van der Waals surface area contributed by atoms with Crippen molar-refractivity contribution in [3.63, 3.8) is 0 Å². The van der Waals surface area contributed by atoms with Crippen LogP contribution in [0.15, 0.2) is 66.7 Å². The van der Waals surface area contributed by atoms with E-state index in [-0.39, 0.29) is 12.0 Å². The van der Waals surface area contributed by atoms with Crippen molar-refractivity contribution in [3.05, 3.63) is 78.0 Å². The van der Waals surface area contributed by atoms with Crippen LogP contribution in [0.5, 0.6) is 0 Å². The first kappa shape index (κ1) is 14.8. The van der Waals surface area contributed by atoms with Gasteiger partial charge in [-0.15, -0.1) is 0 Å². The molecule has 1 fully saturated rings. The van der Waals surface area contributed by atoms with Gasteiger partial charge in [0.25, 0.3) is 5.91 Å². The molecule has 1 aromatic heterocycles. The largest absolute Gasteiger partial charge is 0.370 e. The summed E-state index contributed by atoms with van der Waals surface area (Å²) in [6, 6.07) is 21.6. The highest BCUT2D eigenvalue weighted by atomic mass is 16.5. The Balaban J connectivity index is 1.56. The minimum atomic E-state index is -0.0793. The van der Waals surface area contributed by atoms with E-state index in [1.165, 1.54) is 0 Å². The quantitative estimate of drug-likeness (QED) is 0.727. The zero-order valence-corrected chi connectivity index (χ0v) is 13.3. The number of ether oxygens (including phenoxy) is 1. The number of fused-ring (bicyclic) bond motifs is 1. The van der Waals surface area contributed by atoms with Crippen LogP contribution in [0.3, 0.4) is 0 Å². The lowest BCUT2D eigenvalue weighted by atomic mass is 10.1. The van der Waals surface area contributed by atoms with Gasteiger partial charge in [0, 0.05) is 11.9 Å². The molecule has 1 amide bonds. The van der Waals surface area contributed by atoms with Gasteiger partial charge in [0.2, 0.25) is 0 Å². The van der Waals surface area contributed by atoms with Crippen molar-refractivity contribution in [2.75, 3.05) is 19.7 Å². The van der Waals surface area contributed by atoms with Gasteiger partial charge in [-0.05, 0) is 17.7 Å². The van der Waals surface area contributed by atoms with Crippen molar-refractivity contribution < 1.29 is 9.53 Å². The number of amides is 1. The summed E-state index contributed by atoms with van der Waals surface area (Å²) in [5, 5.41) is 1.04. The number of pyridine rings is 1. The van der Waals surface area contributed by atoms with E-state index in [2.05, 4.69) is 4.98 Å². The smallest absolute Gasteiger partial charge is 0.272 e. The summed E-state index contributed by atoms with van der Waals surface area (Å²) >= 11 is 0. The van der Waals surface area contributed by atoms with Crippen LogP contribution in [0.1, 0.15) is 22.2 Å². The van der Waals surface area contributed by atoms with Gasteiger partial charge in [-0.2, -0.15) is 0 Å². The van der Waals surface area contributed by atoms with Crippen molar-refractivity contribution in [2.45, 2.75) is 6.10 Å². The maximum absolute atomic E-state index is 12.8. The molecular formula is C20H18N2O2. The molecule has 0 bridgehead atoms. The summed E-state index contributed by atoms with van der Waals surface area (Å²) in [5.41, 5.74) is 2.43. The summed E-state index contributed by atoms with van der Waals surface area (Å²) in [7, 11) is 0. The normalized spacial score (nSPS) is 17.8. The molecule has 1 atom stereocenters. The third-order valence-corrected chi connectivity index (χ3v) is 4.34. The van der Waals surface area contributed by atoms with E-state index in [1.807, 2.05) is 65.6 Å². The summed E-state index contributed by atoms with van der Waals surface area (Å²) in [6.07, 6.45) is -0.0793. The first-order valence-electron chi connectivity index (χ1n) is 8.13. The van der Waals surface area contributed by atoms with E-state index in [0.29, 0.717) is 25.4 Å².